The monoisotopic (exact) mass is 304 g/mol. The summed E-state index contributed by atoms with van der Waals surface area (Å²) in [6.07, 6.45) is 3.93. The van der Waals surface area contributed by atoms with E-state index in [4.69, 9.17) is 0 Å². The van der Waals surface area contributed by atoms with Gasteiger partial charge in [-0.1, -0.05) is 6.58 Å². The maximum absolute atomic E-state index is 12.2. The zero-order valence-electron chi connectivity index (χ0n) is 14.2. The number of nitrogens with zero attached hydrogens (tertiary/aromatic N) is 2. The van der Waals surface area contributed by atoms with E-state index in [0.717, 1.165) is 37.2 Å². The molecule has 0 bridgehead atoms. The predicted octanol–water partition coefficient (Wildman–Crippen LogP) is 2.46. The van der Waals surface area contributed by atoms with E-state index in [-0.39, 0.29) is 5.91 Å². The number of carbonyl (C=O) groups excluding carboxylic acids is 1. The lowest BCUT2D eigenvalue weighted by molar-refractivity contribution is -0.115. The number of amides is 1. The van der Waals surface area contributed by atoms with Crippen LogP contribution in [0.2, 0.25) is 0 Å². The van der Waals surface area contributed by atoms with Crippen LogP contribution in [0.1, 0.15) is 40.5 Å². The van der Waals surface area contributed by atoms with Gasteiger partial charge in [0.1, 0.15) is 5.71 Å². The van der Waals surface area contributed by atoms with Crippen molar-refractivity contribution in [3.63, 3.8) is 0 Å². The molecular weight excluding hydrogens is 276 g/mol. The van der Waals surface area contributed by atoms with E-state index >= 15 is 0 Å². The predicted molar refractivity (Wildman–Crippen MR) is 93.4 cm³/mol. The van der Waals surface area contributed by atoms with Crippen LogP contribution in [0.5, 0.6) is 0 Å². The second kappa shape index (κ2) is 9.30. The normalized spacial score (nSPS) is 18.3. The average Bonchev–Trinajstić information content (AvgIpc) is 2.50. The first-order chi connectivity index (χ1) is 10.5. The molecule has 0 aliphatic carbocycles. The minimum absolute atomic E-state index is 0.120. The zero-order chi connectivity index (χ0) is 16.5. The summed E-state index contributed by atoms with van der Waals surface area (Å²) in [7, 11) is 0. The Morgan fingerprint density at radius 3 is 2.50 bits per heavy atom. The Balaban J connectivity index is 2.70. The number of hydrogen-bond acceptors (Lipinski definition) is 4. The third-order valence-corrected chi connectivity index (χ3v) is 3.69. The second-order valence-corrected chi connectivity index (χ2v) is 5.70. The third-order valence-electron chi connectivity index (χ3n) is 3.69. The molecule has 0 radical (unpaired) electrons. The Morgan fingerprint density at radius 2 is 1.95 bits per heavy atom. The molecule has 1 aliphatic rings. The summed E-state index contributed by atoms with van der Waals surface area (Å²) < 4.78 is 0. The third kappa shape index (κ3) is 5.93. The van der Waals surface area contributed by atoms with Crippen molar-refractivity contribution in [3.8, 4) is 0 Å². The summed E-state index contributed by atoms with van der Waals surface area (Å²) in [6, 6.07) is 0. The smallest absolute Gasteiger partial charge is 0.265 e. The molecule has 1 aliphatic heterocycles. The maximum Gasteiger partial charge on any atom is 0.265 e. The van der Waals surface area contributed by atoms with E-state index in [1.165, 1.54) is 0 Å². The largest absolute Gasteiger partial charge is 0.351 e. The molecule has 0 aromatic rings. The van der Waals surface area contributed by atoms with Gasteiger partial charge in [0.25, 0.3) is 5.91 Å². The van der Waals surface area contributed by atoms with E-state index < -0.39 is 0 Å². The first-order valence-electron chi connectivity index (χ1n) is 7.85. The number of aliphatic imine (C=N–C) groups is 2. The summed E-state index contributed by atoms with van der Waals surface area (Å²) in [6.45, 7) is 14.0. The molecule has 2 N–H and O–H groups in total. The Kier molecular flexibility index (Phi) is 7.74. The summed E-state index contributed by atoms with van der Waals surface area (Å²) in [5.74, 6) is 0.436. The minimum Gasteiger partial charge on any atom is -0.351 e. The van der Waals surface area contributed by atoms with Gasteiger partial charge in [0, 0.05) is 12.8 Å². The van der Waals surface area contributed by atoms with Gasteiger partial charge in [0.2, 0.25) is 0 Å². The van der Waals surface area contributed by atoms with Crippen LogP contribution in [-0.2, 0) is 4.79 Å². The molecule has 0 aromatic carbocycles. The molecule has 1 heterocycles. The van der Waals surface area contributed by atoms with Crippen molar-refractivity contribution >= 4 is 17.8 Å². The zero-order valence-corrected chi connectivity index (χ0v) is 14.2. The molecule has 1 fully saturated rings. The molecule has 22 heavy (non-hydrogen) atoms. The van der Waals surface area contributed by atoms with E-state index in [1.807, 2.05) is 20.8 Å². The number of piperidine rings is 1. The lowest BCUT2D eigenvalue weighted by Gasteiger charge is -2.22. The highest BCUT2D eigenvalue weighted by Gasteiger charge is 2.15. The molecule has 122 valence electrons. The summed E-state index contributed by atoms with van der Waals surface area (Å²) in [4.78, 5) is 20.8. The Labute approximate surface area is 133 Å². The molecule has 0 atom stereocenters. The number of hydrogen-bond donors (Lipinski definition) is 2. The molecule has 5 heteroatoms. The fourth-order valence-electron chi connectivity index (χ4n) is 2.41. The maximum atomic E-state index is 12.2. The first kappa shape index (κ1) is 18.3. The van der Waals surface area contributed by atoms with Crippen LogP contribution in [0, 0.1) is 5.92 Å². The van der Waals surface area contributed by atoms with Crippen LogP contribution in [0.15, 0.2) is 33.5 Å². The van der Waals surface area contributed by atoms with Gasteiger partial charge in [0.05, 0.1) is 11.4 Å². The van der Waals surface area contributed by atoms with Crippen molar-refractivity contribution in [3.05, 3.63) is 23.5 Å². The van der Waals surface area contributed by atoms with Crippen molar-refractivity contribution in [1.82, 2.24) is 10.6 Å². The van der Waals surface area contributed by atoms with Crippen LogP contribution >= 0.6 is 0 Å². The standard InChI is InChI=1S/C17H28N4O/c1-6-19-13(4)16(12(2)3)21-14(5)17(22)20-11-15-7-9-18-10-8-15/h6,15,18H,2,7-11H2,1,3-5H3,(H,20,22)/b16-13+,19-6?,21-14?. The van der Waals surface area contributed by atoms with Gasteiger partial charge in [-0.3, -0.25) is 9.79 Å². The molecule has 0 saturated carbocycles. The first-order valence-corrected chi connectivity index (χ1v) is 7.85. The van der Waals surface area contributed by atoms with Crippen LogP contribution in [-0.4, -0.2) is 37.5 Å². The van der Waals surface area contributed by atoms with Crippen LogP contribution in [0.4, 0.5) is 0 Å². The van der Waals surface area contributed by atoms with E-state index in [9.17, 15) is 4.79 Å². The van der Waals surface area contributed by atoms with Crippen molar-refractivity contribution < 1.29 is 4.79 Å². The summed E-state index contributed by atoms with van der Waals surface area (Å²) in [5.41, 5.74) is 2.68. The SMILES string of the molecule is C=C(C)/C(N=C(C)C(=O)NCC1CCNCC1)=C(/C)N=CC. The molecular formula is C17H28N4O. The summed E-state index contributed by atoms with van der Waals surface area (Å²) >= 11 is 0. The van der Waals surface area contributed by atoms with Crippen LogP contribution in [0.3, 0.4) is 0 Å². The lowest BCUT2D eigenvalue weighted by Crippen LogP contribution is -2.38. The molecule has 0 unspecified atom stereocenters. The Hall–Kier alpha value is -1.75. The van der Waals surface area contributed by atoms with Crippen LogP contribution in [0.25, 0.3) is 0 Å². The van der Waals surface area contributed by atoms with Gasteiger partial charge in [-0.15, -0.1) is 0 Å². The molecule has 1 amide bonds. The van der Waals surface area contributed by atoms with Gasteiger partial charge < -0.3 is 10.6 Å². The van der Waals surface area contributed by atoms with E-state index in [2.05, 4.69) is 27.2 Å². The number of nitrogens with one attached hydrogen (secondary N) is 2. The highest BCUT2D eigenvalue weighted by molar-refractivity contribution is 6.38. The van der Waals surface area contributed by atoms with Crippen molar-refractivity contribution in [2.75, 3.05) is 19.6 Å². The highest BCUT2D eigenvalue weighted by Crippen LogP contribution is 2.16. The topological polar surface area (TPSA) is 65.8 Å². The highest BCUT2D eigenvalue weighted by atomic mass is 16.1. The van der Waals surface area contributed by atoms with Gasteiger partial charge in [-0.2, -0.15) is 0 Å². The van der Waals surface area contributed by atoms with Crippen molar-refractivity contribution in [2.45, 2.75) is 40.5 Å². The van der Waals surface area contributed by atoms with Gasteiger partial charge in [-0.05, 0) is 65.1 Å². The lowest BCUT2D eigenvalue weighted by atomic mass is 9.98. The molecule has 0 aromatic heterocycles. The second-order valence-electron chi connectivity index (χ2n) is 5.70. The van der Waals surface area contributed by atoms with Crippen molar-refractivity contribution in [1.29, 1.82) is 0 Å². The minimum atomic E-state index is -0.120. The molecule has 1 saturated heterocycles. The Morgan fingerprint density at radius 1 is 1.32 bits per heavy atom. The molecule has 5 nitrogen and oxygen atoms in total. The number of allylic oxidation sites excluding steroid dienone is 2. The van der Waals surface area contributed by atoms with Gasteiger partial charge >= 0.3 is 0 Å². The molecule has 0 spiro atoms. The van der Waals surface area contributed by atoms with E-state index in [0.29, 0.717) is 23.9 Å². The number of carbonyl (C=O) groups is 1. The average molecular weight is 304 g/mol. The Bertz CT molecular complexity index is 497. The fourth-order valence-corrected chi connectivity index (χ4v) is 2.41. The van der Waals surface area contributed by atoms with Crippen molar-refractivity contribution in [2.24, 2.45) is 15.9 Å². The van der Waals surface area contributed by atoms with E-state index in [1.54, 1.807) is 13.1 Å². The number of rotatable bonds is 6. The fraction of sp³-hybridized carbons (Fsp3) is 0.588. The van der Waals surface area contributed by atoms with Gasteiger partial charge in [0.15, 0.2) is 0 Å². The quantitative estimate of drug-likeness (QED) is 0.585. The summed E-state index contributed by atoms with van der Waals surface area (Å²) in [5, 5.41) is 6.30. The van der Waals surface area contributed by atoms with Crippen LogP contribution < -0.4 is 10.6 Å². The molecule has 1 rings (SSSR count). The van der Waals surface area contributed by atoms with Gasteiger partial charge in [-0.25, -0.2) is 4.99 Å².